The Morgan fingerprint density at radius 1 is 0.925 bits per heavy atom. The molecule has 4 fully saturated rings. The molecule has 6 heteroatoms. The van der Waals surface area contributed by atoms with E-state index < -0.39 is 5.41 Å². The number of aliphatic hydroxyl groups is 1. The van der Waals surface area contributed by atoms with Crippen LogP contribution in [0.5, 0.6) is 0 Å². The number of aromatic nitrogens is 2. The Morgan fingerprint density at radius 2 is 1.62 bits per heavy atom. The monoisotopic (exact) mass is 547 g/mol. The van der Waals surface area contributed by atoms with Gasteiger partial charge in [0.1, 0.15) is 6.33 Å². The molecular formula is C34H49N3O3. The number of ketones is 1. The Hall–Kier alpha value is -2.08. The molecule has 40 heavy (non-hydrogen) atoms. The maximum absolute atomic E-state index is 14.2. The molecule has 0 aliphatic heterocycles. The van der Waals surface area contributed by atoms with Gasteiger partial charge in [0.2, 0.25) is 5.91 Å². The van der Waals surface area contributed by atoms with Crippen molar-refractivity contribution in [2.75, 3.05) is 5.32 Å². The van der Waals surface area contributed by atoms with Crippen LogP contribution in [0.4, 0.5) is 5.69 Å². The number of anilines is 1. The molecule has 8 atom stereocenters. The Kier molecular flexibility index (Phi) is 6.28. The van der Waals surface area contributed by atoms with Crippen LogP contribution in [0.15, 0.2) is 29.9 Å². The quantitative estimate of drug-likeness (QED) is 0.436. The van der Waals surface area contributed by atoms with Crippen molar-refractivity contribution < 1.29 is 14.7 Å². The van der Waals surface area contributed by atoms with Crippen LogP contribution in [0.2, 0.25) is 0 Å². The first-order valence-corrected chi connectivity index (χ1v) is 15.7. The predicted molar refractivity (Wildman–Crippen MR) is 156 cm³/mol. The van der Waals surface area contributed by atoms with Crippen molar-refractivity contribution in [3.8, 4) is 0 Å². The molecule has 218 valence electrons. The molecule has 6 nitrogen and oxygen atoms in total. The van der Waals surface area contributed by atoms with Crippen molar-refractivity contribution in [1.29, 1.82) is 0 Å². The van der Waals surface area contributed by atoms with Gasteiger partial charge >= 0.3 is 0 Å². The standard InChI is InChI=1S/C34H49N3O3/c1-20(2)27-23(38)16-34(29(40)37-21-17-35-19-36-18-21)15-14-32(6)22(28(27)34)8-9-25-31(5)12-11-26(39)30(3,4)24(31)10-13-33(25,32)7/h17-20,22,24-26,39H,8-16H2,1-7H3,(H,37,40)/t22-,24+,25-,26+,31+,32-,33-,34-/m1/s1. The van der Waals surface area contributed by atoms with E-state index >= 15 is 0 Å². The fourth-order valence-corrected chi connectivity index (χ4v) is 11.5. The van der Waals surface area contributed by atoms with E-state index in [1.165, 1.54) is 11.9 Å². The van der Waals surface area contributed by atoms with Crippen LogP contribution >= 0.6 is 0 Å². The van der Waals surface area contributed by atoms with Crippen LogP contribution in [0.3, 0.4) is 0 Å². The zero-order valence-electron chi connectivity index (χ0n) is 25.6. The van der Waals surface area contributed by atoms with Crippen molar-refractivity contribution in [3.63, 3.8) is 0 Å². The first kappa shape index (κ1) is 28.1. The molecule has 6 rings (SSSR count). The van der Waals surface area contributed by atoms with Crippen LogP contribution in [0, 0.1) is 50.7 Å². The van der Waals surface area contributed by atoms with Crippen molar-refractivity contribution in [2.24, 2.45) is 50.7 Å². The van der Waals surface area contributed by atoms with Gasteiger partial charge < -0.3 is 10.4 Å². The van der Waals surface area contributed by atoms with Gasteiger partial charge in [-0.1, -0.05) is 48.5 Å². The number of Topliss-reactive ketones (excluding diaryl/α,β-unsaturated/α-hetero) is 1. The number of fused-ring (bicyclic) bond motifs is 7. The number of carbonyl (C=O) groups excluding carboxylic acids is 2. The highest BCUT2D eigenvalue weighted by Gasteiger charge is 2.70. The second-order valence-corrected chi connectivity index (χ2v) is 15.7. The molecule has 0 spiro atoms. The normalized spacial score (nSPS) is 44.0. The summed E-state index contributed by atoms with van der Waals surface area (Å²) < 4.78 is 0. The molecule has 0 radical (unpaired) electrons. The van der Waals surface area contributed by atoms with E-state index in [1.54, 1.807) is 12.4 Å². The summed E-state index contributed by atoms with van der Waals surface area (Å²) in [4.78, 5) is 36.1. The largest absolute Gasteiger partial charge is 0.393 e. The summed E-state index contributed by atoms with van der Waals surface area (Å²) in [5, 5.41) is 14.1. The lowest BCUT2D eigenvalue weighted by Crippen LogP contribution is -2.66. The number of hydrogen-bond acceptors (Lipinski definition) is 5. The van der Waals surface area contributed by atoms with Crippen LogP contribution in [-0.4, -0.2) is 32.9 Å². The number of carbonyl (C=O) groups is 2. The van der Waals surface area contributed by atoms with Crippen LogP contribution in [0.25, 0.3) is 0 Å². The third kappa shape index (κ3) is 3.50. The average molecular weight is 548 g/mol. The van der Waals surface area contributed by atoms with Gasteiger partial charge in [-0.3, -0.25) is 9.59 Å². The first-order chi connectivity index (χ1) is 18.7. The number of allylic oxidation sites excluding steroid dienone is 1. The summed E-state index contributed by atoms with van der Waals surface area (Å²) in [5.41, 5.74) is 2.17. The molecule has 1 aromatic heterocycles. The van der Waals surface area contributed by atoms with E-state index in [0.29, 0.717) is 23.9 Å². The minimum absolute atomic E-state index is 0.0177. The molecule has 0 unspecified atom stereocenters. The van der Waals surface area contributed by atoms with Crippen molar-refractivity contribution in [2.45, 2.75) is 112 Å². The molecule has 1 amide bonds. The van der Waals surface area contributed by atoms with Crippen molar-refractivity contribution in [1.82, 2.24) is 9.97 Å². The molecule has 4 saturated carbocycles. The van der Waals surface area contributed by atoms with Gasteiger partial charge in [0.25, 0.3) is 0 Å². The molecule has 5 aliphatic carbocycles. The summed E-state index contributed by atoms with van der Waals surface area (Å²) in [6.45, 7) is 16.5. The zero-order chi connectivity index (χ0) is 28.9. The van der Waals surface area contributed by atoms with E-state index in [2.05, 4.69) is 63.8 Å². The van der Waals surface area contributed by atoms with Crippen molar-refractivity contribution >= 4 is 17.4 Å². The van der Waals surface area contributed by atoms with Crippen LogP contribution < -0.4 is 5.32 Å². The Bertz CT molecular complexity index is 1260. The van der Waals surface area contributed by atoms with Gasteiger partial charge in [-0.15, -0.1) is 0 Å². The Morgan fingerprint density at radius 3 is 2.30 bits per heavy atom. The van der Waals surface area contributed by atoms with E-state index in [4.69, 9.17) is 0 Å². The van der Waals surface area contributed by atoms with Gasteiger partial charge in [0.15, 0.2) is 5.78 Å². The SMILES string of the molecule is CC(C)C1=C2[C@H]3CC[C@@H]4[C@@]5(C)CC[C@H](O)C(C)(C)[C@@H]5CC[C@@]4(C)[C@]3(C)CC[C@@]2(C(=O)Nc2cncnc2)CC1=O. The Balaban J connectivity index is 1.42. The zero-order valence-corrected chi connectivity index (χ0v) is 25.6. The molecule has 2 N–H and O–H groups in total. The molecule has 0 saturated heterocycles. The minimum Gasteiger partial charge on any atom is -0.393 e. The predicted octanol–water partition coefficient (Wildman–Crippen LogP) is 6.76. The lowest BCUT2D eigenvalue weighted by atomic mass is 9.33. The highest BCUT2D eigenvalue weighted by Crippen LogP contribution is 2.76. The van der Waals surface area contributed by atoms with Gasteiger partial charge in [-0.05, 0) is 108 Å². The summed E-state index contributed by atoms with van der Waals surface area (Å²) in [5.74, 6) is 1.52. The van der Waals surface area contributed by atoms with Crippen molar-refractivity contribution in [3.05, 3.63) is 29.9 Å². The number of hydrogen-bond donors (Lipinski definition) is 2. The molecular weight excluding hydrogens is 498 g/mol. The van der Waals surface area contributed by atoms with Crippen LogP contribution in [0.1, 0.15) is 106 Å². The van der Waals surface area contributed by atoms with Crippen LogP contribution in [-0.2, 0) is 9.59 Å². The lowest BCUT2D eigenvalue weighted by Gasteiger charge is -2.72. The van der Waals surface area contributed by atoms with Gasteiger partial charge in [0.05, 0.1) is 29.6 Å². The fraction of sp³-hybridized carbons (Fsp3) is 0.765. The lowest BCUT2D eigenvalue weighted by molar-refractivity contribution is -0.228. The number of amides is 1. The number of nitrogens with one attached hydrogen (secondary N) is 1. The van der Waals surface area contributed by atoms with E-state index in [9.17, 15) is 14.7 Å². The minimum atomic E-state index is -0.780. The van der Waals surface area contributed by atoms with Gasteiger partial charge in [0, 0.05) is 6.42 Å². The molecule has 0 bridgehead atoms. The highest BCUT2D eigenvalue weighted by atomic mass is 16.3. The Labute approximate surface area is 240 Å². The highest BCUT2D eigenvalue weighted by molar-refractivity contribution is 6.09. The summed E-state index contributed by atoms with van der Waals surface area (Å²) >= 11 is 0. The number of rotatable bonds is 3. The summed E-state index contributed by atoms with van der Waals surface area (Å²) in [7, 11) is 0. The number of aliphatic hydroxyl groups excluding tert-OH is 1. The molecule has 1 aromatic rings. The molecule has 1 heterocycles. The van der Waals surface area contributed by atoms with Gasteiger partial charge in [-0.2, -0.15) is 0 Å². The second-order valence-electron chi connectivity index (χ2n) is 15.7. The van der Waals surface area contributed by atoms with E-state index in [0.717, 1.165) is 50.5 Å². The summed E-state index contributed by atoms with van der Waals surface area (Å²) in [6.07, 6.45) is 12.9. The molecule has 0 aromatic carbocycles. The fourth-order valence-electron chi connectivity index (χ4n) is 11.5. The smallest absolute Gasteiger partial charge is 0.235 e. The first-order valence-electron chi connectivity index (χ1n) is 15.7. The maximum Gasteiger partial charge on any atom is 0.235 e. The average Bonchev–Trinajstić information content (AvgIpc) is 3.21. The topological polar surface area (TPSA) is 92.2 Å². The van der Waals surface area contributed by atoms with Gasteiger partial charge in [-0.25, -0.2) is 9.97 Å². The third-order valence-corrected chi connectivity index (χ3v) is 13.7. The molecule has 5 aliphatic rings. The maximum atomic E-state index is 14.2. The summed E-state index contributed by atoms with van der Waals surface area (Å²) in [6, 6.07) is 0. The second kappa shape index (κ2) is 8.96. The van der Waals surface area contributed by atoms with E-state index in [1.807, 2.05) is 0 Å². The third-order valence-electron chi connectivity index (χ3n) is 13.7. The number of nitrogens with zero attached hydrogens (tertiary/aromatic N) is 2. The van der Waals surface area contributed by atoms with E-state index in [-0.39, 0.29) is 57.7 Å².